The minimum Gasteiger partial charge on any atom is -0.387 e. The molecule has 2 rings (SSSR count). The molecule has 0 amide bonds. The van der Waals surface area contributed by atoms with E-state index in [0.29, 0.717) is 0 Å². The van der Waals surface area contributed by atoms with Crippen molar-refractivity contribution in [3.63, 3.8) is 0 Å². The van der Waals surface area contributed by atoms with E-state index in [0.717, 1.165) is 43.1 Å². The van der Waals surface area contributed by atoms with Crippen LogP contribution in [0.4, 0.5) is 5.82 Å². The number of hydrogen-bond acceptors (Lipinski definition) is 4. The van der Waals surface area contributed by atoms with Gasteiger partial charge in [0.15, 0.2) is 0 Å². The van der Waals surface area contributed by atoms with Crippen LogP contribution in [-0.4, -0.2) is 28.9 Å². The number of nitrogens with zero attached hydrogens (tertiary/aromatic N) is 3. The smallest absolute Gasteiger partial charge is 0.147 e. The Morgan fingerprint density at radius 1 is 1.47 bits per heavy atom. The van der Waals surface area contributed by atoms with Gasteiger partial charge in [0.25, 0.3) is 0 Å². The molecule has 1 saturated heterocycles. The fourth-order valence-electron chi connectivity index (χ4n) is 2.12. The van der Waals surface area contributed by atoms with Gasteiger partial charge in [0.1, 0.15) is 5.82 Å². The van der Waals surface area contributed by atoms with Crippen molar-refractivity contribution in [1.29, 1.82) is 5.41 Å². The number of hydrogen-bond donors (Lipinski definition) is 2. The monoisotopic (exact) mass is 233 g/mol. The van der Waals surface area contributed by atoms with Crippen molar-refractivity contribution >= 4 is 11.7 Å². The number of anilines is 1. The summed E-state index contributed by atoms with van der Waals surface area (Å²) in [6, 6.07) is 0. The first-order valence-corrected chi connectivity index (χ1v) is 5.97. The molecule has 5 heteroatoms. The van der Waals surface area contributed by atoms with Crippen LogP contribution < -0.4 is 10.6 Å². The zero-order valence-corrected chi connectivity index (χ0v) is 10.4. The second-order valence-electron chi connectivity index (χ2n) is 4.64. The highest BCUT2D eigenvalue weighted by molar-refractivity contribution is 5.80. The van der Waals surface area contributed by atoms with Gasteiger partial charge in [0.05, 0.1) is 23.4 Å². The summed E-state index contributed by atoms with van der Waals surface area (Å²) in [6.07, 6.45) is 3.87. The summed E-state index contributed by atoms with van der Waals surface area (Å²) in [7, 11) is 0. The topological polar surface area (TPSA) is 78.9 Å². The predicted molar refractivity (Wildman–Crippen MR) is 68.4 cm³/mol. The van der Waals surface area contributed by atoms with Crippen molar-refractivity contribution < 1.29 is 0 Å². The van der Waals surface area contributed by atoms with E-state index in [4.69, 9.17) is 11.1 Å². The predicted octanol–water partition coefficient (Wildman–Crippen LogP) is 1.25. The van der Waals surface area contributed by atoms with E-state index in [1.807, 2.05) is 20.0 Å². The van der Waals surface area contributed by atoms with E-state index in [1.165, 1.54) is 0 Å². The standard InChI is InChI=1S/C12H19N5/c1-8-9(2)16-11(6-15-8)17-5-3-4-10(7-17)12(13)14/h6,10H,3-5,7H2,1-2H3,(H3,13,14). The van der Waals surface area contributed by atoms with Crippen LogP contribution in [-0.2, 0) is 0 Å². The number of nitrogens with one attached hydrogen (secondary N) is 1. The van der Waals surface area contributed by atoms with Crippen molar-refractivity contribution in [2.24, 2.45) is 11.7 Å². The van der Waals surface area contributed by atoms with Crippen LogP contribution >= 0.6 is 0 Å². The summed E-state index contributed by atoms with van der Waals surface area (Å²) < 4.78 is 0. The fraction of sp³-hybridized carbons (Fsp3) is 0.583. The normalized spacial score (nSPS) is 20.4. The number of aryl methyl sites for hydroxylation is 2. The Morgan fingerprint density at radius 3 is 2.88 bits per heavy atom. The van der Waals surface area contributed by atoms with E-state index in [2.05, 4.69) is 14.9 Å². The Bertz CT molecular complexity index is 429. The molecule has 1 atom stereocenters. The van der Waals surface area contributed by atoms with Gasteiger partial charge in [0.2, 0.25) is 0 Å². The first-order valence-electron chi connectivity index (χ1n) is 5.97. The summed E-state index contributed by atoms with van der Waals surface area (Å²) in [4.78, 5) is 11.1. The first kappa shape index (κ1) is 11.8. The van der Waals surface area contributed by atoms with Crippen LogP contribution in [0.1, 0.15) is 24.2 Å². The molecule has 1 unspecified atom stereocenters. The summed E-state index contributed by atoms with van der Waals surface area (Å²) in [6.45, 7) is 5.69. The molecule has 0 radical (unpaired) electrons. The van der Waals surface area contributed by atoms with Crippen LogP contribution in [0.5, 0.6) is 0 Å². The van der Waals surface area contributed by atoms with Crippen molar-refractivity contribution in [3.8, 4) is 0 Å². The van der Waals surface area contributed by atoms with Crippen LogP contribution in [0.3, 0.4) is 0 Å². The Hall–Kier alpha value is -1.65. The van der Waals surface area contributed by atoms with Gasteiger partial charge in [-0.3, -0.25) is 10.4 Å². The Morgan fingerprint density at radius 2 is 2.24 bits per heavy atom. The lowest BCUT2D eigenvalue weighted by atomic mass is 9.97. The average Bonchev–Trinajstić information content (AvgIpc) is 2.33. The van der Waals surface area contributed by atoms with Gasteiger partial charge in [-0.1, -0.05) is 0 Å². The second-order valence-corrected chi connectivity index (χ2v) is 4.64. The zero-order valence-electron chi connectivity index (χ0n) is 10.4. The lowest BCUT2D eigenvalue weighted by molar-refractivity contribution is 0.499. The Kier molecular flexibility index (Phi) is 3.26. The van der Waals surface area contributed by atoms with Crippen molar-refractivity contribution in [1.82, 2.24) is 9.97 Å². The summed E-state index contributed by atoms with van der Waals surface area (Å²) in [5, 5.41) is 7.53. The molecular formula is C12H19N5. The summed E-state index contributed by atoms with van der Waals surface area (Å²) >= 11 is 0. The Labute approximate surface area is 102 Å². The third-order valence-electron chi connectivity index (χ3n) is 3.36. The van der Waals surface area contributed by atoms with Gasteiger partial charge in [0, 0.05) is 19.0 Å². The fourth-order valence-corrected chi connectivity index (χ4v) is 2.12. The highest BCUT2D eigenvalue weighted by Crippen LogP contribution is 2.21. The van der Waals surface area contributed by atoms with Gasteiger partial charge < -0.3 is 10.6 Å². The minimum absolute atomic E-state index is 0.159. The van der Waals surface area contributed by atoms with Crippen LogP contribution in [0.2, 0.25) is 0 Å². The molecule has 1 aliphatic rings. The lowest BCUT2D eigenvalue weighted by Gasteiger charge is -2.32. The van der Waals surface area contributed by atoms with Crippen molar-refractivity contribution in [2.75, 3.05) is 18.0 Å². The average molecular weight is 233 g/mol. The van der Waals surface area contributed by atoms with Gasteiger partial charge in [-0.2, -0.15) is 0 Å². The SMILES string of the molecule is Cc1ncc(N2CCCC(C(=N)N)C2)nc1C. The maximum Gasteiger partial charge on any atom is 0.147 e. The van der Waals surface area contributed by atoms with Crippen LogP contribution in [0.15, 0.2) is 6.20 Å². The van der Waals surface area contributed by atoms with Crippen LogP contribution in [0.25, 0.3) is 0 Å². The molecule has 0 saturated carbocycles. The molecule has 0 bridgehead atoms. The van der Waals surface area contributed by atoms with E-state index in [-0.39, 0.29) is 11.8 Å². The van der Waals surface area contributed by atoms with E-state index in [1.54, 1.807) is 0 Å². The minimum atomic E-state index is 0.159. The highest BCUT2D eigenvalue weighted by atomic mass is 15.2. The molecule has 1 aromatic heterocycles. The third kappa shape index (κ3) is 2.54. The molecule has 1 fully saturated rings. The largest absolute Gasteiger partial charge is 0.387 e. The number of nitrogens with two attached hydrogens (primary N) is 1. The van der Waals surface area contributed by atoms with Crippen molar-refractivity contribution in [3.05, 3.63) is 17.6 Å². The second kappa shape index (κ2) is 4.69. The number of aromatic nitrogens is 2. The van der Waals surface area contributed by atoms with Gasteiger partial charge in [-0.05, 0) is 26.7 Å². The molecule has 0 spiro atoms. The number of piperidine rings is 1. The number of rotatable bonds is 2. The van der Waals surface area contributed by atoms with Gasteiger partial charge in [-0.25, -0.2) is 4.98 Å². The third-order valence-corrected chi connectivity index (χ3v) is 3.36. The molecule has 1 aromatic rings. The van der Waals surface area contributed by atoms with Gasteiger partial charge in [-0.15, -0.1) is 0 Å². The summed E-state index contributed by atoms with van der Waals surface area (Å²) in [5.41, 5.74) is 7.51. The van der Waals surface area contributed by atoms with Gasteiger partial charge >= 0.3 is 0 Å². The molecule has 1 aliphatic heterocycles. The number of amidine groups is 1. The zero-order chi connectivity index (χ0) is 12.4. The highest BCUT2D eigenvalue weighted by Gasteiger charge is 2.23. The molecule has 0 aromatic carbocycles. The Balaban J connectivity index is 2.16. The van der Waals surface area contributed by atoms with E-state index in [9.17, 15) is 0 Å². The summed E-state index contributed by atoms with van der Waals surface area (Å²) in [5.74, 6) is 1.35. The molecular weight excluding hydrogens is 214 g/mol. The van der Waals surface area contributed by atoms with Crippen LogP contribution in [0, 0.1) is 25.2 Å². The van der Waals surface area contributed by atoms with E-state index < -0.39 is 0 Å². The molecule has 17 heavy (non-hydrogen) atoms. The maximum atomic E-state index is 7.53. The first-order chi connectivity index (χ1) is 8.08. The van der Waals surface area contributed by atoms with E-state index >= 15 is 0 Å². The molecule has 5 nitrogen and oxygen atoms in total. The molecule has 2 heterocycles. The molecule has 92 valence electrons. The molecule has 3 N–H and O–H groups in total. The van der Waals surface area contributed by atoms with Crippen molar-refractivity contribution in [2.45, 2.75) is 26.7 Å². The maximum absolute atomic E-state index is 7.53. The lowest BCUT2D eigenvalue weighted by Crippen LogP contribution is -2.41. The quantitative estimate of drug-likeness (QED) is 0.595. The molecule has 0 aliphatic carbocycles.